The lowest BCUT2D eigenvalue weighted by molar-refractivity contribution is -0.130. The summed E-state index contributed by atoms with van der Waals surface area (Å²) in [5.41, 5.74) is 10.6. The number of hydrogen-bond acceptors (Lipinski definition) is 8. The molecule has 1 amide bonds. The minimum absolute atomic E-state index is 0.132. The summed E-state index contributed by atoms with van der Waals surface area (Å²) in [7, 11) is 0. The number of amides is 1. The fraction of sp³-hybridized carbons (Fsp3) is 0.308. The van der Waals surface area contributed by atoms with E-state index in [1.807, 2.05) is 40.0 Å². The SMILES string of the molecule is CCNc1nc2cccc(-c3cc4c(-c5cnn(C6CCN(C(C)=O)CC6)c5)cnc(N)c4o3)c2s1. The van der Waals surface area contributed by atoms with E-state index >= 15 is 0 Å². The van der Waals surface area contributed by atoms with Gasteiger partial charge >= 0.3 is 0 Å². The number of fused-ring (bicyclic) bond motifs is 2. The van der Waals surface area contributed by atoms with Gasteiger partial charge in [0.15, 0.2) is 16.5 Å². The molecular weight excluding hydrogens is 474 g/mol. The van der Waals surface area contributed by atoms with E-state index in [-0.39, 0.29) is 11.9 Å². The van der Waals surface area contributed by atoms with Crippen molar-refractivity contribution in [1.29, 1.82) is 0 Å². The summed E-state index contributed by atoms with van der Waals surface area (Å²) in [5.74, 6) is 1.22. The monoisotopic (exact) mass is 501 g/mol. The number of anilines is 2. The Labute approximate surface area is 211 Å². The number of hydrogen-bond donors (Lipinski definition) is 2. The van der Waals surface area contributed by atoms with Crippen LogP contribution in [0.3, 0.4) is 0 Å². The standard InChI is InChI=1S/C26H27N7O2S/c1-3-28-26-31-21-6-4-5-18(24(21)36-26)22-11-19-20(13-29-25(27)23(19)35-22)16-12-30-33(14-16)17-7-9-32(10-8-17)15(2)34/h4-6,11-14,17H,3,7-10H2,1-2H3,(H2,27,29)(H,28,31). The van der Waals surface area contributed by atoms with E-state index in [0.717, 1.165) is 75.7 Å². The zero-order valence-electron chi connectivity index (χ0n) is 20.2. The first-order valence-electron chi connectivity index (χ1n) is 12.1. The molecule has 1 aromatic carbocycles. The summed E-state index contributed by atoms with van der Waals surface area (Å²) < 4.78 is 9.36. The molecule has 36 heavy (non-hydrogen) atoms. The van der Waals surface area contributed by atoms with Gasteiger partial charge < -0.3 is 20.4 Å². The van der Waals surface area contributed by atoms with Crippen LogP contribution in [0.1, 0.15) is 32.7 Å². The average molecular weight is 502 g/mol. The summed E-state index contributed by atoms with van der Waals surface area (Å²) in [6.45, 7) is 6.01. The molecule has 5 aromatic rings. The third-order valence-corrected chi connectivity index (χ3v) is 7.85. The number of carbonyl (C=O) groups is 1. The molecule has 0 saturated carbocycles. The molecule has 1 saturated heterocycles. The normalized spacial score (nSPS) is 14.7. The smallest absolute Gasteiger partial charge is 0.219 e. The van der Waals surface area contributed by atoms with Gasteiger partial charge in [0.05, 0.1) is 22.5 Å². The van der Waals surface area contributed by atoms with Crippen LogP contribution in [-0.2, 0) is 4.79 Å². The van der Waals surface area contributed by atoms with Crippen molar-refractivity contribution in [2.45, 2.75) is 32.7 Å². The highest BCUT2D eigenvalue weighted by Crippen LogP contribution is 2.40. The number of benzene rings is 1. The second-order valence-electron chi connectivity index (χ2n) is 9.06. The van der Waals surface area contributed by atoms with Gasteiger partial charge in [0.1, 0.15) is 5.76 Å². The molecule has 0 radical (unpaired) electrons. The van der Waals surface area contributed by atoms with Crippen molar-refractivity contribution in [3.05, 3.63) is 42.9 Å². The highest BCUT2D eigenvalue weighted by Gasteiger charge is 2.23. The van der Waals surface area contributed by atoms with E-state index in [1.54, 1.807) is 24.5 Å². The van der Waals surface area contributed by atoms with Crippen LogP contribution in [0.15, 0.2) is 47.3 Å². The maximum Gasteiger partial charge on any atom is 0.219 e. The molecule has 1 aliphatic rings. The van der Waals surface area contributed by atoms with E-state index < -0.39 is 0 Å². The van der Waals surface area contributed by atoms with Crippen LogP contribution in [0, 0.1) is 0 Å². The number of thiazole rings is 1. The predicted molar refractivity (Wildman–Crippen MR) is 143 cm³/mol. The molecule has 0 atom stereocenters. The molecule has 0 aliphatic carbocycles. The zero-order valence-corrected chi connectivity index (χ0v) is 21.0. The molecule has 5 heterocycles. The summed E-state index contributed by atoms with van der Waals surface area (Å²) in [6.07, 6.45) is 7.48. The van der Waals surface area contributed by atoms with Crippen molar-refractivity contribution in [2.75, 3.05) is 30.7 Å². The second-order valence-corrected chi connectivity index (χ2v) is 10.1. The average Bonchev–Trinajstić information content (AvgIpc) is 3.63. The molecule has 184 valence electrons. The Morgan fingerprint density at radius 1 is 1.25 bits per heavy atom. The first-order valence-corrected chi connectivity index (χ1v) is 13.0. The summed E-state index contributed by atoms with van der Waals surface area (Å²) in [4.78, 5) is 22.7. The summed E-state index contributed by atoms with van der Waals surface area (Å²) >= 11 is 1.61. The van der Waals surface area contributed by atoms with E-state index in [9.17, 15) is 4.79 Å². The number of nitrogens with one attached hydrogen (secondary N) is 1. The van der Waals surface area contributed by atoms with Gasteiger partial charge in [0.25, 0.3) is 0 Å². The van der Waals surface area contributed by atoms with Crippen LogP contribution in [0.2, 0.25) is 0 Å². The highest BCUT2D eigenvalue weighted by molar-refractivity contribution is 7.22. The van der Waals surface area contributed by atoms with Gasteiger partial charge in [-0.2, -0.15) is 5.10 Å². The largest absolute Gasteiger partial charge is 0.452 e. The molecule has 9 nitrogen and oxygen atoms in total. The van der Waals surface area contributed by atoms with Gasteiger partial charge in [-0.3, -0.25) is 9.48 Å². The highest BCUT2D eigenvalue weighted by atomic mass is 32.1. The Kier molecular flexibility index (Phi) is 5.60. The maximum absolute atomic E-state index is 11.7. The number of piperidine rings is 1. The number of pyridine rings is 1. The minimum Gasteiger partial charge on any atom is -0.452 e. The molecule has 1 aliphatic heterocycles. The molecule has 0 spiro atoms. The number of nitrogen functional groups attached to an aromatic ring is 1. The fourth-order valence-electron chi connectivity index (χ4n) is 4.90. The number of rotatable bonds is 5. The summed E-state index contributed by atoms with van der Waals surface area (Å²) in [5, 5.41) is 9.74. The number of likely N-dealkylation sites (tertiary alicyclic amines) is 1. The van der Waals surface area contributed by atoms with Crippen molar-refractivity contribution >= 4 is 49.4 Å². The molecule has 0 bridgehead atoms. The molecule has 3 N–H and O–H groups in total. The van der Waals surface area contributed by atoms with E-state index in [0.29, 0.717) is 11.4 Å². The Balaban J connectivity index is 1.37. The van der Waals surface area contributed by atoms with E-state index in [2.05, 4.69) is 33.5 Å². The number of nitrogens with two attached hydrogens (primary N) is 1. The quantitative estimate of drug-likeness (QED) is 0.341. The van der Waals surface area contributed by atoms with E-state index in [4.69, 9.17) is 10.2 Å². The maximum atomic E-state index is 11.7. The van der Waals surface area contributed by atoms with Crippen LogP contribution in [0.5, 0.6) is 0 Å². The van der Waals surface area contributed by atoms with Crippen molar-refractivity contribution in [3.8, 4) is 22.5 Å². The predicted octanol–water partition coefficient (Wildman–Crippen LogP) is 5.17. The van der Waals surface area contributed by atoms with E-state index in [1.165, 1.54) is 0 Å². The molecule has 1 fully saturated rings. The van der Waals surface area contributed by atoms with Crippen LogP contribution in [0.4, 0.5) is 10.9 Å². The number of carbonyl (C=O) groups excluding carboxylic acids is 1. The zero-order chi connectivity index (χ0) is 24.8. The summed E-state index contributed by atoms with van der Waals surface area (Å²) in [6, 6.07) is 8.34. The first kappa shape index (κ1) is 22.5. The van der Waals surface area contributed by atoms with Gasteiger partial charge in [0, 0.05) is 61.0 Å². The lowest BCUT2D eigenvalue weighted by atomic mass is 10.0. The topological polar surface area (TPSA) is 115 Å². The Bertz CT molecular complexity index is 1580. The van der Waals surface area contributed by atoms with Gasteiger partial charge in [0.2, 0.25) is 5.91 Å². The van der Waals surface area contributed by atoms with Crippen LogP contribution < -0.4 is 11.1 Å². The van der Waals surface area contributed by atoms with Crippen molar-refractivity contribution in [2.24, 2.45) is 0 Å². The number of furan rings is 1. The molecule has 6 rings (SSSR count). The Hall–Kier alpha value is -3.92. The first-order chi connectivity index (χ1) is 17.5. The molecule has 4 aromatic heterocycles. The lowest BCUT2D eigenvalue weighted by Crippen LogP contribution is -2.37. The van der Waals surface area contributed by atoms with Crippen molar-refractivity contribution in [3.63, 3.8) is 0 Å². The van der Waals surface area contributed by atoms with Gasteiger partial charge in [-0.15, -0.1) is 0 Å². The third kappa shape index (κ3) is 3.87. The van der Waals surface area contributed by atoms with Crippen molar-refractivity contribution in [1.82, 2.24) is 24.6 Å². The van der Waals surface area contributed by atoms with Crippen LogP contribution in [-0.4, -0.2) is 50.2 Å². The molecule has 0 unspecified atom stereocenters. The van der Waals surface area contributed by atoms with Gasteiger partial charge in [-0.1, -0.05) is 17.4 Å². The van der Waals surface area contributed by atoms with Crippen molar-refractivity contribution < 1.29 is 9.21 Å². The number of nitrogens with zero attached hydrogens (tertiary/aromatic N) is 5. The Morgan fingerprint density at radius 2 is 2.08 bits per heavy atom. The number of aromatic nitrogens is 4. The van der Waals surface area contributed by atoms with Crippen LogP contribution >= 0.6 is 11.3 Å². The Morgan fingerprint density at radius 3 is 2.86 bits per heavy atom. The minimum atomic E-state index is 0.132. The van der Waals surface area contributed by atoms with Gasteiger partial charge in [-0.05, 0) is 38.0 Å². The third-order valence-electron chi connectivity index (χ3n) is 6.79. The molecule has 10 heteroatoms. The lowest BCUT2D eigenvalue weighted by Gasteiger charge is -2.31. The molecular formula is C26H27N7O2S. The fourth-order valence-corrected chi connectivity index (χ4v) is 5.95. The van der Waals surface area contributed by atoms with Gasteiger partial charge in [-0.25, -0.2) is 9.97 Å². The van der Waals surface area contributed by atoms with Crippen LogP contribution in [0.25, 0.3) is 43.6 Å². The second kappa shape index (κ2) is 8.94.